The molecule has 0 amide bonds. The highest BCUT2D eigenvalue weighted by molar-refractivity contribution is 7.95. The van der Waals surface area contributed by atoms with Crippen LogP contribution in [0, 0.1) is 18.3 Å². The Morgan fingerprint density at radius 3 is 2.32 bits per heavy atom. The Hall–Kier alpha value is -1.80. The lowest BCUT2D eigenvalue weighted by molar-refractivity contribution is 0.603. The zero-order valence-corrected chi connectivity index (χ0v) is 13.9. The lowest BCUT2D eigenvalue weighted by Crippen LogP contribution is -2.03. The van der Waals surface area contributed by atoms with E-state index in [1.165, 1.54) is 24.3 Å². The van der Waals surface area contributed by atoms with Gasteiger partial charge in [0.25, 0.3) is 0 Å². The lowest BCUT2D eigenvalue weighted by Gasteiger charge is -2.05. The third-order valence-electron chi connectivity index (χ3n) is 2.98. The number of halogens is 2. The van der Waals surface area contributed by atoms with Crippen molar-refractivity contribution < 1.29 is 8.42 Å². The number of nitriles is 1. The van der Waals surface area contributed by atoms with Gasteiger partial charge in [0.15, 0.2) is 0 Å². The summed E-state index contributed by atoms with van der Waals surface area (Å²) in [5.41, 5.74) is 1.35. The molecule has 2 rings (SSSR count). The van der Waals surface area contributed by atoms with E-state index in [0.29, 0.717) is 10.6 Å². The maximum Gasteiger partial charge on any atom is 0.216 e. The zero-order valence-electron chi connectivity index (χ0n) is 11.5. The average molecular weight is 352 g/mol. The largest absolute Gasteiger partial charge is 0.218 e. The number of benzene rings is 2. The molecule has 0 N–H and O–H groups in total. The third-order valence-corrected chi connectivity index (χ3v) is 5.22. The predicted molar refractivity (Wildman–Crippen MR) is 88.4 cm³/mol. The first-order valence-corrected chi connectivity index (χ1v) is 8.47. The molecule has 0 radical (unpaired) electrons. The molecule has 0 aliphatic carbocycles. The molecule has 0 aliphatic heterocycles. The summed E-state index contributed by atoms with van der Waals surface area (Å²) in [4.78, 5) is -0.309. The Morgan fingerprint density at radius 2 is 1.77 bits per heavy atom. The van der Waals surface area contributed by atoms with Crippen LogP contribution in [0.25, 0.3) is 6.08 Å². The Kier molecular flexibility index (Phi) is 4.92. The summed E-state index contributed by atoms with van der Waals surface area (Å²) in [7, 11) is -3.88. The van der Waals surface area contributed by atoms with Gasteiger partial charge in [-0.05, 0) is 42.8 Å². The summed E-state index contributed by atoms with van der Waals surface area (Å²) in [5.74, 6) is 0. The average Bonchev–Trinajstić information content (AvgIpc) is 2.46. The van der Waals surface area contributed by atoms with Crippen LogP contribution in [0.15, 0.2) is 52.3 Å². The smallest absolute Gasteiger partial charge is 0.216 e. The second-order valence-corrected chi connectivity index (χ2v) is 7.36. The SMILES string of the molecule is Cc1ccc(S(=O)(=O)C(C#N)=Cc2ccc(Cl)cc2Cl)cc1. The van der Waals surface area contributed by atoms with Gasteiger partial charge in [0.2, 0.25) is 9.84 Å². The lowest BCUT2D eigenvalue weighted by atomic mass is 10.2. The number of sulfone groups is 1. The van der Waals surface area contributed by atoms with Crippen LogP contribution in [0.1, 0.15) is 11.1 Å². The minimum absolute atomic E-state index is 0.0657. The summed E-state index contributed by atoms with van der Waals surface area (Å²) >= 11 is 11.8. The number of aryl methyl sites for hydroxylation is 1. The number of hydrogen-bond donors (Lipinski definition) is 0. The summed E-state index contributed by atoms with van der Waals surface area (Å²) in [6.07, 6.45) is 1.24. The molecular formula is C16H11Cl2NO2S. The van der Waals surface area contributed by atoms with Crippen molar-refractivity contribution in [3.8, 4) is 6.07 Å². The molecule has 2 aromatic carbocycles. The first-order chi connectivity index (χ1) is 10.3. The highest BCUT2D eigenvalue weighted by Gasteiger charge is 2.21. The molecule has 0 unspecified atom stereocenters. The van der Waals surface area contributed by atoms with Crippen molar-refractivity contribution in [2.24, 2.45) is 0 Å². The van der Waals surface area contributed by atoms with Crippen LogP contribution in [-0.4, -0.2) is 8.42 Å². The van der Waals surface area contributed by atoms with Crippen molar-refractivity contribution in [3.63, 3.8) is 0 Å². The van der Waals surface area contributed by atoms with Gasteiger partial charge >= 0.3 is 0 Å². The van der Waals surface area contributed by atoms with Gasteiger partial charge in [-0.15, -0.1) is 0 Å². The van der Waals surface area contributed by atoms with Crippen LogP contribution in [0.3, 0.4) is 0 Å². The van der Waals surface area contributed by atoms with E-state index in [2.05, 4.69) is 0 Å². The summed E-state index contributed by atoms with van der Waals surface area (Å²) in [6.45, 7) is 1.85. The van der Waals surface area contributed by atoms with Crippen molar-refractivity contribution in [2.75, 3.05) is 0 Å². The molecule has 0 atom stereocenters. The van der Waals surface area contributed by atoms with E-state index in [-0.39, 0.29) is 14.8 Å². The molecule has 0 aromatic heterocycles. The maximum atomic E-state index is 12.5. The van der Waals surface area contributed by atoms with Gasteiger partial charge in [-0.1, -0.05) is 47.0 Å². The Bertz CT molecular complexity index is 879. The van der Waals surface area contributed by atoms with E-state index < -0.39 is 9.84 Å². The molecule has 0 bridgehead atoms. The Morgan fingerprint density at radius 1 is 1.14 bits per heavy atom. The molecule has 0 saturated heterocycles. The van der Waals surface area contributed by atoms with Crippen LogP contribution < -0.4 is 0 Å². The molecule has 0 aliphatic rings. The molecule has 6 heteroatoms. The first kappa shape index (κ1) is 16.6. The van der Waals surface area contributed by atoms with E-state index in [4.69, 9.17) is 23.2 Å². The van der Waals surface area contributed by atoms with Crippen LogP contribution in [0.2, 0.25) is 10.0 Å². The number of rotatable bonds is 3. The molecule has 0 spiro atoms. The summed E-state index contributed by atoms with van der Waals surface area (Å²) < 4.78 is 25.0. The Balaban J connectivity index is 2.53. The predicted octanol–water partition coefficient (Wildman–Crippen LogP) is 4.64. The van der Waals surface area contributed by atoms with Gasteiger partial charge in [0.1, 0.15) is 11.0 Å². The van der Waals surface area contributed by atoms with Crippen molar-refractivity contribution >= 4 is 39.1 Å². The summed E-state index contributed by atoms with van der Waals surface area (Å²) in [5, 5.41) is 9.93. The van der Waals surface area contributed by atoms with Crippen LogP contribution in [0.5, 0.6) is 0 Å². The van der Waals surface area contributed by atoms with Crippen LogP contribution in [0.4, 0.5) is 0 Å². The monoisotopic (exact) mass is 351 g/mol. The second-order valence-electron chi connectivity index (χ2n) is 4.60. The third kappa shape index (κ3) is 3.50. The van der Waals surface area contributed by atoms with Gasteiger partial charge in [0, 0.05) is 10.0 Å². The van der Waals surface area contributed by atoms with E-state index in [1.54, 1.807) is 30.3 Å². The molecule has 2 aromatic rings. The van der Waals surface area contributed by atoms with Crippen LogP contribution in [-0.2, 0) is 9.84 Å². The summed E-state index contributed by atoms with van der Waals surface area (Å²) in [6, 6.07) is 12.7. The Labute approximate surface area is 139 Å². The minimum atomic E-state index is -3.88. The fourth-order valence-electron chi connectivity index (χ4n) is 1.77. The van der Waals surface area contributed by atoms with Gasteiger partial charge in [-0.2, -0.15) is 5.26 Å². The second kappa shape index (κ2) is 6.53. The van der Waals surface area contributed by atoms with Gasteiger partial charge in [-0.3, -0.25) is 0 Å². The fraction of sp³-hybridized carbons (Fsp3) is 0.0625. The highest BCUT2D eigenvalue weighted by atomic mass is 35.5. The van der Waals surface area contributed by atoms with E-state index in [1.807, 2.05) is 6.92 Å². The van der Waals surface area contributed by atoms with Crippen LogP contribution >= 0.6 is 23.2 Å². The molecule has 112 valence electrons. The van der Waals surface area contributed by atoms with E-state index in [0.717, 1.165) is 5.56 Å². The molecule has 0 saturated carbocycles. The number of hydrogen-bond acceptors (Lipinski definition) is 3. The molecule has 0 heterocycles. The fourth-order valence-corrected chi connectivity index (χ4v) is 3.39. The van der Waals surface area contributed by atoms with E-state index in [9.17, 15) is 13.7 Å². The van der Waals surface area contributed by atoms with E-state index >= 15 is 0 Å². The normalized spacial score (nSPS) is 12.0. The highest BCUT2D eigenvalue weighted by Crippen LogP contribution is 2.26. The zero-order chi connectivity index (χ0) is 16.3. The number of allylic oxidation sites excluding steroid dienone is 1. The maximum absolute atomic E-state index is 12.5. The van der Waals surface area contributed by atoms with Gasteiger partial charge in [0.05, 0.1) is 4.90 Å². The van der Waals surface area contributed by atoms with Crippen molar-refractivity contribution in [1.29, 1.82) is 5.26 Å². The molecular weight excluding hydrogens is 341 g/mol. The quantitative estimate of drug-likeness (QED) is 0.756. The molecule has 22 heavy (non-hydrogen) atoms. The van der Waals surface area contributed by atoms with Crippen molar-refractivity contribution in [2.45, 2.75) is 11.8 Å². The molecule has 3 nitrogen and oxygen atoms in total. The first-order valence-electron chi connectivity index (χ1n) is 6.23. The minimum Gasteiger partial charge on any atom is -0.218 e. The van der Waals surface area contributed by atoms with Gasteiger partial charge < -0.3 is 0 Å². The van der Waals surface area contributed by atoms with Gasteiger partial charge in [-0.25, -0.2) is 8.42 Å². The molecule has 0 fully saturated rings. The number of nitrogens with zero attached hydrogens (tertiary/aromatic N) is 1. The van der Waals surface area contributed by atoms with Crippen molar-refractivity contribution in [3.05, 3.63) is 68.5 Å². The van der Waals surface area contributed by atoms with Crippen molar-refractivity contribution in [1.82, 2.24) is 0 Å². The standard InChI is InChI=1S/C16H11Cl2NO2S/c1-11-2-6-14(7-3-11)22(20,21)15(10-19)8-12-4-5-13(17)9-16(12)18/h2-9H,1H3. The topological polar surface area (TPSA) is 57.9 Å².